The normalized spacial score (nSPS) is 12.4. The molecule has 2 heterocycles. The van der Waals surface area contributed by atoms with Crippen LogP contribution >= 0.6 is 11.3 Å². The van der Waals surface area contributed by atoms with Crippen molar-refractivity contribution < 1.29 is 30.0 Å². The van der Waals surface area contributed by atoms with Gasteiger partial charge in [0, 0.05) is 51.8 Å². The molecule has 0 aliphatic heterocycles. The first-order valence-electron chi connectivity index (χ1n) is 14.9. The van der Waals surface area contributed by atoms with E-state index >= 15 is 0 Å². The van der Waals surface area contributed by atoms with Crippen LogP contribution in [0, 0.1) is 16.9 Å². The number of aliphatic hydroxyl groups is 1. The van der Waals surface area contributed by atoms with E-state index in [1.54, 1.807) is 0 Å². The number of fused-ring (bicyclic) bond motifs is 6. The van der Waals surface area contributed by atoms with Gasteiger partial charge in [-0.1, -0.05) is 115 Å². The van der Waals surface area contributed by atoms with Gasteiger partial charge in [-0.3, -0.25) is 9.78 Å². The predicted octanol–water partition coefficient (Wildman–Crippen LogP) is 11.4. The first kappa shape index (κ1) is 33.5. The number of aliphatic hydroxyl groups excluding tert-OH is 1. The van der Waals surface area contributed by atoms with E-state index in [1.165, 1.54) is 48.0 Å². The molecule has 3 nitrogen and oxygen atoms in total. The van der Waals surface area contributed by atoms with Gasteiger partial charge in [-0.25, -0.2) is 0 Å². The maximum absolute atomic E-state index is 11.5. The van der Waals surface area contributed by atoms with Gasteiger partial charge in [0.05, 0.1) is 5.52 Å². The Kier molecular flexibility index (Phi) is 9.85. The molecule has 44 heavy (non-hydrogen) atoms. The number of aromatic nitrogens is 1. The average Bonchev–Trinajstić information content (AvgIpc) is 3.35. The molecule has 0 bridgehead atoms. The molecule has 5 heteroatoms. The van der Waals surface area contributed by atoms with Crippen molar-refractivity contribution in [2.75, 3.05) is 0 Å². The van der Waals surface area contributed by atoms with Crippen molar-refractivity contribution in [3.05, 3.63) is 102 Å². The predicted molar refractivity (Wildman–Crippen MR) is 185 cm³/mol. The Morgan fingerprint density at radius 2 is 1.52 bits per heavy atom. The monoisotopic (exact) mass is 779 g/mol. The summed E-state index contributed by atoms with van der Waals surface area (Å²) in [4.78, 5) is 16.7. The fourth-order valence-electron chi connectivity index (χ4n) is 4.94. The molecular formula is C39H40IrNO2S-. The fraction of sp³-hybridized carbons (Fsp3) is 0.282. The molecule has 229 valence electrons. The summed E-state index contributed by atoms with van der Waals surface area (Å²) in [5, 5.41) is 15.8. The number of rotatable bonds is 3. The van der Waals surface area contributed by atoms with Crippen LogP contribution in [0.25, 0.3) is 53.1 Å². The van der Waals surface area contributed by atoms with Crippen molar-refractivity contribution in [1.82, 2.24) is 4.98 Å². The van der Waals surface area contributed by atoms with Crippen molar-refractivity contribution in [1.29, 1.82) is 0 Å². The topological polar surface area (TPSA) is 50.2 Å². The van der Waals surface area contributed by atoms with E-state index in [1.807, 2.05) is 58.9 Å². The largest absolute Gasteiger partial charge is 0.512 e. The van der Waals surface area contributed by atoms with Crippen molar-refractivity contribution >= 4 is 59.0 Å². The van der Waals surface area contributed by atoms with Crippen LogP contribution in [-0.2, 0) is 24.9 Å². The standard InChI is InChI=1S/C28H20NS.C11H20O2.Ir/c1-17(2)18-14-15-20-19(16-18)8-7-11-21(20)27-26-23-10-4-6-13-25(23)30-28(26)22-9-3-5-12-24(22)29-27;1-10(2,3)8(12)7-9(13)11(4,5)6;/h3-10,12-17H,1-2H3;7,12H,1-6H3;/q-1;;/b;8-7-;. The van der Waals surface area contributed by atoms with Gasteiger partial charge in [-0.05, 0) is 40.1 Å². The van der Waals surface area contributed by atoms with Crippen molar-refractivity contribution in [2.45, 2.75) is 61.3 Å². The van der Waals surface area contributed by atoms with Crippen LogP contribution in [0.2, 0.25) is 0 Å². The smallest absolute Gasteiger partial charge is 0.164 e. The summed E-state index contributed by atoms with van der Waals surface area (Å²) >= 11 is 1.86. The Morgan fingerprint density at radius 1 is 0.864 bits per heavy atom. The SMILES string of the molecule is CC(C)(C)C(=O)/C=C(\O)C(C)(C)C.CC(C)c1ccc2c(-c3nc4ccccc4c4sc5ccccc5c34)[c-]ccc2c1.[Ir]. The molecule has 6 aromatic rings. The molecule has 2 aromatic heterocycles. The number of allylic oxidation sites excluding steroid dienone is 2. The number of ketones is 1. The summed E-state index contributed by atoms with van der Waals surface area (Å²) in [6.45, 7) is 15.6. The first-order chi connectivity index (χ1) is 20.3. The van der Waals surface area contributed by atoms with E-state index in [2.05, 4.69) is 92.7 Å². The number of para-hydroxylation sites is 1. The zero-order chi connectivity index (χ0) is 31.1. The second-order valence-electron chi connectivity index (χ2n) is 13.5. The van der Waals surface area contributed by atoms with Crippen LogP contribution in [0.5, 0.6) is 0 Å². The molecule has 0 atom stereocenters. The van der Waals surface area contributed by atoms with E-state index in [4.69, 9.17) is 4.98 Å². The summed E-state index contributed by atoms with van der Waals surface area (Å²) in [5.74, 6) is 0.612. The average molecular weight is 779 g/mol. The number of hydrogen-bond donors (Lipinski definition) is 1. The molecule has 0 spiro atoms. The molecule has 0 amide bonds. The second kappa shape index (κ2) is 12.9. The number of carbonyl (C=O) groups is 1. The Labute approximate surface area is 278 Å². The molecule has 0 saturated carbocycles. The maximum Gasteiger partial charge on any atom is 0.164 e. The van der Waals surface area contributed by atoms with Crippen molar-refractivity contribution in [3.63, 3.8) is 0 Å². The van der Waals surface area contributed by atoms with E-state index in [0.29, 0.717) is 5.92 Å². The van der Waals surface area contributed by atoms with Crippen LogP contribution < -0.4 is 0 Å². The minimum atomic E-state index is -0.417. The molecule has 1 N–H and O–H groups in total. The van der Waals surface area contributed by atoms with E-state index in [0.717, 1.165) is 16.8 Å². The van der Waals surface area contributed by atoms with Gasteiger partial charge in [0.15, 0.2) is 5.78 Å². The van der Waals surface area contributed by atoms with E-state index in [-0.39, 0.29) is 37.1 Å². The number of thiophene rings is 1. The minimum Gasteiger partial charge on any atom is -0.512 e. The summed E-state index contributed by atoms with van der Waals surface area (Å²) in [6, 6.07) is 31.7. The van der Waals surface area contributed by atoms with Crippen molar-refractivity contribution in [3.8, 4) is 11.3 Å². The van der Waals surface area contributed by atoms with Crippen molar-refractivity contribution in [2.24, 2.45) is 10.8 Å². The summed E-state index contributed by atoms with van der Waals surface area (Å²) in [6.07, 6.45) is 1.33. The van der Waals surface area contributed by atoms with Crippen LogP contribution in [0.15, 0.2) is 90.7 Å². The summed E-state index contributed by atoms with van der Waals surface area (Å²) in [5.41, 5.74) is 3.75. The van der Waals surface area contributed by atoms with Gasteiger partial charge < -0.3 is 5.11 Å². The van der Waals surface area contributed by atoms with Crippen LogP contribution in [0.4, 0.5) is 0 Å². The van der Waals surface area contributed by atoms with Crippen LogP contribution in [0.3, 0.4) is 0 Å². The first-order valence-corrected chi connectivity index (χ1v) is 15.7. The number of carbonyl (C=O) groups excluding carboxylic acids is 1. The molecule has 0 aliphatic carbocycles. The molecule has 0 unspecified atom stereocenters. The summed E-state index contributed by atoms with van der Waals surface area (Å²) in [7, 11) is 0. The third-order valence-electron chi connectivity index (χ3n) is 7.73. The van der Waals surface area contributed by atoms with E-state index in [9.17, 15) is 9.90 Å². The Hall–Kier alpha value is -3.37. The molecule has 4 aromatic carbocycles. The van der Waals surface area contributed by atoms with E-state index < -0.39 is 5.41 Å². The quantitative estimate of drug-likeness (QED) is 0.111. The molecule has 6 rings (SSSR count). The zero-order valence-corrected chi connectivity index (χ0v) is 29.9. The second-order valence-corrected chi connectivity index (χ2v) is 14.6. The van der Waals surface area contributed by atoms with Gasteiger partial charge in [0.25, 0.3) is 0 Å². The van der Waals surface area contributed by atoms with Gasteiger partial charge in [-0.15, -0.1) is 40.5 Å². The zero-order valence-electron chi connectivity index (χ0n) is 26.7. The van der Waals surface area contributed by atoms with Crippen LogP contribution in [-0.4, -0.2) is 15.9 Å². The number of benzene rings is 4. The molecular weight excluding hydrogens is 739 g/mol. The minimum absolute atomic E-state index is 0. The molecule has 0 fully saturated rings. The van der Waals surface area contributed by atoms with Gasteiger partial charge >= 0.3 is 0 Å². The third-order valence-corrected chi connectivity index (χ3v) is 8.93. The number of hydrogen-bond acceptors (Lipinski definition) is 4. The van der Waals surface area contributed by atoms with Crippen LogP contribution in [0.1, 0.15) is 66.9 Å². The van der Waals surface area contributed by atoms with Gasteiger partial charge in [0.2, 0.25) is 0 Å². The van der Waals surface area contributed by atoms with Gasteiger partial charge in [-0.2, -0.15) is 0 Å². The molecule has 1 radical (unpaired) electrons. The third kappa shape index (κ3) is 6.81. The maximum atomic E-state index is 11.5. The fourth-order valence-corrected chi connectivity index (χ4v) is 6.18. The number of pyridine rings is 1. The summed E-state index contributed by atoms with van der Waals surface area (Å²) < 4.78 is 2.61. The molecule has 0 aliphatic rings. The Morgan fingerprint density at radius 3 is 2.18 bits per heavy atom. The molecule has 0 saturated heterocycles. The Balaban J connectivity index is 0.000000271. The van der Waals surface area contributed by atoms with Gasteiger partial charge in [0.1, 0.15) is 5.76 Å². The Bertz CT molecular complexity index is 2000. The number of nitrogens with zero attached hydrogens (tertiary/aromatic N) is 1.